The van der Waals surface area contributed by atoms with Gasteiger partial charge in [-0.3, -0.25) is 14.9 Å². The van der Waals surface area contributed by atoms with Gasteiger partial charge in [-0.1, -0.05) is 0 Å². The van der Waals surface area contributed by atoms with Crippen molar-refractivity contribution in [2.75, 3.05) is 0 Å². The maximum atomic E-state index is 12.3. The number of hydrogen-bond donors (Lipinski definition) is 0. The van der Waals surface area contributed by atoms with Gasteiger partial charge in [0, 0.05) is 0 Å². The zero-order chi connectivity index (χ0) is 12.5. The summed E-state index contributed by atoms with van der Waals surface area (Å²) in [4.78, 5) is 23.9. The molecule has 0 saturated heterocycles. The Balaban J connectivity index is 3.52. The summed E-state index contributed by atoms with van der Waals surface area (Å²) in [5, 5.41) is 9.42. The van der Waals surface area contributed by atoms with Crippen molar-refractivity contribution < 1.29 is 18.5 Å². The third kappa shape index (κ3) is 2.61. The van der Waals surface area contributed by atoms with Crippen LogP contribution >= 0.6 is 34.2 Å². The molecule has 1 rings (SSSR count). The quantitative estimate of drug-likeness (QED) is 0.272. The van der Waals surface area contributed by atoms with Crippen molar-refractivity contribution in [1.82, 2.24) is 4.98 Å². The van der Waals surface area contributed by atoms with Crippen LogP contribution in [0.1, 0.15) is 22.5 Å². The average Bonchev–Trinajstić information content (AvgIpc) is 2.15. The Morgan fingerprint density at radius 1 is 1.62 bits per heavy atom. The molecule has 0 aliphatic rings. The summed E-state index contributed by atoms with van der Waals surface area (Å²) in [7, 11) is 0. The molecule has 1 aromatic rings. The normalized spacial score (nSPS) is 10.6. The Hall–Kier alpha value is -0.900. The van der Waals surface area contributed by atoms with Crippen LogP contribution in [0.5, 0.6) is 0 Å². The molecule has 0 aliphatic heterocycles. The van der Waals surface area contributed by atoms with Crippen LogP contribution in [-0.2, 0) is 0 Å². The van der Waals surface area contributed by atoms with Crippen LogP contribution in [0.3, 0.4) is 0 Å². The molecule has 0 atom stereocenters. The molecule has 0 unspecified atom stereocenters. The minimum absolute atomic E-state index is 0.301. The molecule has 0 saturated carbocycles. The number of carbonyl (C=O) groups excluding carboxylic acids is 1. The number of aromatic nitrogens is 1. The van der Waals surface area contributed by atoms with Crippen molar-refractivity contribution in [3.8, 4) is 0 Å². The number of nitro groups is 1. The first-order chi connectivity index (χ1) is 7.34. The van der Waals surface area contributed by atoms with Crippen molar-refractivity contribution in [2.24, 2.45) is 0 Å². The van der Waals surface area contributed by atoms with Gasteiger partial charge in [0.25, 0.3) is 11.7 Å². The predicted octanol–water partition coefficient (Wildman–Crippen LogP) is 2.91. The van der Waals surface area contributed by atoms with Gasteiger partial charge in [0.2, 0.25) is 0 Å². The lowest BCUT2D eigenvalue weighted by molar-refractivity contribution is -0.386. The van der Waals surface area contributed by atoms with E-state index in [1.54, 1.807) is 0 Å². The molecule has 16 heavy (non-hydrogen) atoms. The van der Waals surface area contributed by atoms with E-state index in [1.165, 1.54) is 22.6 Å². The third-order valence-corrected chi connectivity index (χ3v) is 2.54. The summed E-state index contributed by atoms with van der Waals surface area (Å²) in [6, 6.07) is 0.625. The summed E-state index contributed by atoms with van der Waals surface area (Å²) < 4.78 is 24.4. The molecule has 86 valence electrons. The van der Waals surface area contributed by atoms with E-state index in [0.29, 0.717) is 6.07 Å². The van der Waals surface area contributed by atoms with E-state index in [-0.39, 0.29) is 3.70 Å². The Kier molecular flexibility index (Phi) is 4.08. The van der Waals surface area contributed by atoms with Crippen molar-refractivity contribution in [2.45, 2.75) is 6.43 Å². The summed E-state index contributed by atoms with van der Waals surface area (Å²) in [6.07, 6.45) is -2.93. The second-order valence-corrected chi connectivity index (χ2v) is 3.93. The predicted molar refractivity (Wildman–Crippen MR) is 58.7 cm³/mol. The molecule has 0 fully saturated rings. The highest BCUT2D eigenvalue weighted by atomic mass is 127. The molecule has 0 amide bonds. The van der Waals surface area contributed by atoms with E-state index >= 15 is 0 Å². The Bertz CT molecular complexity index is 469. The average molecular weight is 362 g/mol. The molecular weight excluding hydrogens is 360 g/mol. The first-order valence-corrected chi connectivity index (χ1v) is 5.13. The summed E-state index contributed by atoms with van der Waals surface area (Å²) in [5.74, 6) is 0. The summed E-state index contributed by atoms with van der Waals surface area (Å²) in [5.41, 5.74) is -1.97. The van der Waals surface area contributed by atoms with Gasteiger partial charge in [0.1, 0.15) is 11.3 Å². The molecule has 5 nitrogen and oxygen atoms in total. The van der Waals surface area contributed by atoms with Gasteiger partial charge in [-0.25, -0.2) is 13.8 Å². The first-order valence-electron chi connectivity index (χ1n) is 3.67. The molecule has 1 aromatic heterocycles. The fourth-order valence-corrected chi connectivity index (χ4v) is 1.87. The van der Waals surface area contributed by atoms with E-state index in [4.69, 9.17) is 11.6 Å². The Labute approximate surface area is 106 Å². The van der Waals surface area contributed by atoms with Crippen molar-refractivity contribution in [3.63, 3.8) is 0 Å². The molecule has 9 heteroatoms. The number of carbonyl (C=O) groups is 1. The number of pyridine rings is 1. The Morgan fingerprint density at radius 2 is 2.19 bits per heavy atom. The van der Waals surface area contributed by atoms with Gasteiger partial charge >= 0.3 is 5.69 Å². The Morgan fingerprint density at radius 3 is 2.56 bits per heavy atom. The highest BCUT2D eigenvalue weighted by Crippen LogP contribution is 2.29. The SMILES string of the molecule is O=C(Cl)c1cc(C(F)F)nc(I)c1[N+](=O)[O-]. The van der Waals surface area contributed by atoms with Crippen LogP contribution < -0.4 is 0 Å². The van der Waals surface area contributed by atoms with Crippen LogP contribution in [0.4, 0.5) is 14.5 Å². The molecule has 0 bridgehead atoms. The number of rotatable bonds is 3. The highest BCUT2D eigenvalue weighted by Gasteiger charge is 2.27. The van der Waals surface area contributed by atoms with Crippen LogP contribution in [-0.4, -0.2) is 15.1 Å². The largest absolute Gasteiger partial charge is 0.313 e. The minimum Gasteiger partial charge on any atom is -0.275 e. The topological polar surface area (TPSA) is 73.1 Å². The second-order valence-electron chi connectivity index (χ2n) is 2.57. The fraction of sp³-hybridized carbons (Fsp3) is 0.143. The first kappa shape index (κ1) is 13.2. The van der Waals surface area contributed by atoms with Gasteiger partial charge < -0.3 is 0 Å². The lowest BCUT2D eigenvalue weighted by Crippen LogP contribution is -2.06. The van der Waals surface area contributed by atoms with E-state index < -0.39 is 33.5 Å². The van der Waals surface area contributed by atoms with Crippen LogP contribution in [0.2, 0.25) is 0 Å². The van der Waals surface area contributed by atoms with Gasteiger partial charge in [-0.2, -0.15) is 0 Å². The van der Waals surface area contributed by atoms with E-state index in [9.17, 15) is 23.7 Å². The molecule has 0 aliphatic carbocycles. The number of hydrogen-bond acceptors (Lipinski definition) is 4. The lowest BCUT2D eigenvalue weighted by Gasteiger charge is -2.03. The lowest BCUT2D eigenvalue weighted by atomic mass is 10.2. The fourth-order valence-electron chi connectivity index (χ4n) is 0.961. The van der Waals surface area contributed by atoms with E-state index in [1.807, 2.05) is 0 Å². The van der Waals surface area contributed by atoms with Gasteiger partial charge in [-0.05, 0) is 40.3 Å². The molecule has 0 spiro atoms. The van der Waals surface area contributed by atoms with Crippen LogP contribution in [0.15, 0.2) is 6.07 Å². The van der Waals surface area contributed by atoms with Crippen molar-refractivity contribution >= 4 is 45.1 Å². The molecule has 1 heterocycles. The maximum Gasteiger partial charge on any atom is 0.313 e. The smallest absolute Gasteiger partial charge is 0.275 e. The summed E-state index contributed by atoms with van der Waals surface area (Å²) in [6.45, 7) is 0. The molecule has 0 aromatic carbocycles. The van der Waals surface area contributed by atoms with Crippen LogP contribution in [0, 0.1) is 13.8 Å². The van der Waals surface area contributed by atoms with Crippen molar-refractivity contribution in [1.29, 1.82) is 0 Å². The van der Waals surface area contributed by atoms with E-state index in [2.05, 4.69) is 4.98 Å². The monoisotopic (exact) mass is 362 g/mol. The standard InChI is InChI=1S/C7H2ClF2IN2O3/c8-5(14)2-1-3(6(9)10)12-7(11)4(2)13(15)16/h1,6H. The number of nitrogens with zero attached hydrogens (tertiary/aromatic N) is 2. The third-order valence-electron chi connectivity index (χ3n) is 1.59. The van der Waals surface area contributed by atoms with Gasteiger partial charge in [0.15, 0.2) is 3.70 Å². The highest BCUT2D eigenvalue weighted by molar-refractivity contribution is 14.1. The molecule has 0 N–H and O–H groups in total. The maximum absolute atomic E-state index is 12.3. The minimum atomic E-state index is -2.93. The van der Waals surface area contributed by atoms with Crippen molar-refractivity contribution in [3.05, 3.63) is 31.1 Å². The van der Waals surface area contributed by atoms with Gasteiger partial charge in [0.05, 0.1) is 4.92 Å². The van der Waals surface area contributed by atoms with Gasteiger partial charge in [-0.15, -0.1) is 0 Å². The zero-order valence-electron chi connectivity index (χ0n) is 7.29. The van der Waals surface area contributed by atoms with E-state index in [0.717, 1.165) is 0 Å². The summed E-state index contributed by atoms with van der Waals surface area (Å²) >= 11 is 6.48. The van der Waals surface area contributed by atoms with Crippen LogP contribution in [0.25, 0.3) is 0 Å². The zero-order valence-corrected chi connectivity index (χ0v) is 10.2. The molecule has 0 radical (unpaired) electrons. The number of alkyl halides is 2. The number of halogens is 4. The molecular formula is C7H2ClF2IN2O3. The second kappa shape index (κ2) is 4.95.